The minimum Gasteiger partial charge on any atom is -0.457 e. The van der Waals surface area contributed by atoms with E-state index in [0.717, 1.165) is 45.7 Å². The lowest BCUT2D eigenvalue weighted by atomic mass is 9.89. The lowest BCUT2D eigenvalue weighted by molar-refractivity contribution is 0.0400. The third-order valence-corrected chi connectivity index (χ3v) is 9.23. The molecule has 2 atom stereocenters. The second-order valence-electron chi connectivity index (χ2n) is 11.3. The van der Waals surface area contributed by atoms with Gasteiger partial charge in [0.25, 0.3) is 0 Å². The SMILES string of the molecule is CN1[C@@H]2CC[C@H]1CN(C1CCC(n3cc(-c4ccc(Oc5ccccc5)cc4)c4c(N)ncnc43)CC1)C2. The van der Waals surface area contributed by atoms with Crippen molar-refractivity contribution in [2.45, 2.75) is 62.7 Å². The van der Waals surface area contributed by atoms with Gasteiger partial charge in [-0.05, 0) is 75.4 Å². The Morgan fingerprint density at radius 1 is 0.763 bits per heavy atom. The molecule has 0 spiro atoms. The highest BCUT2D eigenvalue weighted by Crippen LogP contribution is 2.40. The van der Waals surface area contributed by atoms with Crippen LogP contribution < -0.4 is 10.5 Å². The van der Waals surface area contributed by atoms with Gasteiger partial charge in [-0.25, -0.2) is 9.97 Å². The first-order chi connectivity index (χ1) is 18.6. The van der Waals surface area contributed by atoms with Crippen molar-refractivity contribution >= 4 is 16.9 Å². The topological polar surface area (TPSA) is 72.4 Å². The Balaban J connectivity index is 1.11. The zero-order valence-corrected chi connectivity index (χ0v) is 22.0. The number of nitrogens with zero attached hydrogens (tertiary/aromatic N) is 5. The van der Waals surface area contributed by atoms with E-state index in [2.05, 4.69) is 44.7 Å². The van der Waals surface area contributed by atoms with E-state index >= 15 is 0 Å². The number of hydrogen-bond donors (Lipinski definition) is 1. The highest BCUT2D eigenvalue weighted by atomic mass is 16.5. The summed E-state index contributed by atoms with van der Waals surface area (Å²) in [5.74, 6) is 2.17. The molecule has 3 fully saturated rings. The van der Waals surface area contributed by atoms with Crippen molar-refractivity contribution < 1.29 is 4.74 Å². The number of aromatic nitrogens is 3. The third kappa shape index (κ3) is 4.24. The molecule has 1 aliphatic carbocycles. The molecule has 4 aromatic rings. The zero-order chi connectivity index (χ0) is 25.6. The third-order valence-electron chi connectivity index (χ3n) is 9.23. The molecular formula is C31H36N6O. The van der Waals surface area contributed by atoms with Gasteiger partial charge in [-0.3, -0.25) is 9.80 Å². The number of para-hydroxylation sites is 1. The average Bonchev–Trinajstić information content (AvgIpc) is 3.42. The Morgan fingerprint density at radius 2 is 1.39 bits per heavy atom. The van der Waals surface area contributed by atoms with Gasteiger partial charge < -0.3 is 15.0 Å². The van der Waals surface area contributed by atoms with Gasteiger partial charge in [0.15, 0.2) is 0 Å². The fourth-order valence-corrected chi connectivity index (χ4v) is 7.08. The van der Waals surface area contributed by atoms with Crippen LogP contribution in [0.4, 0.5) is 5.82 Å². The fourth-order valence-electron chi connectivity index (χ4n) is 7.08. The van der Waals surface area contributed by atoms with Gasteiger partial charge in [-0.15, -0.1) is 0 Å². The Morgan fingerprint density at radius 3 is 2.11 bits per heavy atom. The van der Waals surface area contributed by atoms with Crippen LogP contribution in [0.2, 0.25) is 0 Å². The minimum absolute atomic E-state index is 0.432. The van der Waals surface area contributed by atoms with Gasteiger partial charge in [0.05, 0.1) is 5.39 Å². The summed E-state index contributed by atoms with van der Waals surface area (Å²) < 4.78 is 8.38. The average molecular weight is 509 g/mol. The van der Waals surface area contributed by atoms with E-state index in [1.165, 1.54) is 51.6 Å². The van der Waals surface area contributed by atoms with Crippen LogP contribution in [0, 0.1) is 0 Å². The summed E-state index contributed by atoms with van der Waals surface area (Å²) in [6.07, 6.45) is 11.4. The molecule has 2 saturated heterocycles. The largest absolute Gasteiger partial charge is 0.457 e. The molecule has 3 aliphatic rings. The highest BCUT2D eigenvalue weighted by molar-refractivity contribution is 6.00. The Hall–Kier alpha value is -3.42. The molecule has 7 rings (SSSR count). The monoisotopic (exact) mass is 508 g/mol. The molecule has 4 heterocycles. The zero-order valence-electron chi connectivity index (χ0n) is 22.0. The van der Waals surface area contributed by atoms with Gasteiger partial charge in [0, 0.05) is 49.0 Å². The molecule has 38 heavy (non-hydrogen) atoms. The number of ether oxygens (including phenoxy) is 1. The number of likely N-dealkylation sites (N-methyl/N-ethyl adjacent to an activating group) is 1. The van der Waals surface area contributed by atoms with Crippen molar-refractivity contribution in [2.75, 3.05) is 25.9 Å². The second-order valence-corrected chi connectivity index (χ2v) is 11.3. The number of hydrogen-bond acceptors (Lipinski definition) is 6. The van der Waals surface area contributed by atoms with E-state index in [1.807, 2.05) is 42.5 Å². The number of piperazine rings is 1. The maximum Gasteiger partial charge on any atom is 0.146 e. The minimum atomic E-state index is 0.432. The first-order valence-electron chi connectivity index (χ1n) is 14.0. The fraction of sp³-hybridized carbons (Fsp3) is 0.419. The van der Waals surface area contributed by atoms with Crippen LogP contribution in [-0.4, -0.2) is 62.6 Å². The van der Waals surface area contributed by atoms with Gasteiger partial charge in [0.2, 0.25) is 0 Å². The molecule has 2 aromatic heterocycles. The van der Waals surface area contributed by atoms with Gasteiger partial charge in [-0.1, -0.05) is 30.3 Å². The van der Waals surface area contributed by atoms with Gasteiger partial charge in [-0.2, -0.15) is 0 Å². The van der Waals surface area contributed by atoms with Crippen molar-refractivity contribution in [3.8, 4) is 22.6 Å². The first-order valence-corrected chi connectivity index (χ1v) is 14.0. The standard InChI is InChI=1S/C31H36N6O/c1-35-24-13-14-25(35)18-36(17-24)22-9-11-23(12-10-22)37-19-28(29-30(32)33-20-34-31(29)37)21-7-15-27(16-8-21)38-26-5-3-2-4-6-26/h2-8,15-16,19-20,22-25H,9-14,17-18H2,1H3,(H2,32,33,34)/t22?,23?,24-,25+. The smallest absolute Gasteiger partial charge is 0.146 e. The van der Waals surface area contributed by atoms with Crippen LogP contribution in [0.3, 0.4) is 0 Å². The summed E-state index contributed by atoms with van der Waals surface area (Å²) >= 11 is 0. The summed E-state index contributed by atoms with van der Waals surface area (Å²) in [5.41, 5.74) is 9.55. The molecule has 0 amide bonds. The summed E-state index contributed by atoms with van der Waals surface area (Å²) in [7, 11) is 2.32. The van der Waals surface area contributed by atoms with Crippen molar-refractivity contribution in [2.24, 2.45) is 0 Å². The van der Waals surface area contributed by atoms with Crippen molar-refractivity contribution in [1.29, 1.82) is 0 Å². The number of fused-ring (bicyclic) bond motifs is 3. The maximum absolute atomic E-state index is 6.43. The van der Waals surface area contributed by atoms with Crippen molar-refractivity contribution in [3.05, 3.63) is 67.1 Å². The predicted octanol–water partition coefficient (Wildman–Crippen LogP) is 5.73. The van der Waals surface area contributed by atoms with Crippen LogP contribution in [0.5, 0.6) is 11.5 Å². The van der Waals surface area contributed by atoms with Crippen LogP contribution in [0.15, 0.2) is 67.1 Å². The summed E-state index contributed by atoms with van der Waals surface area (Å²) in [4.78, 5) is 14.5. The number of likely N-dealkylation sites (tertiary alicyclic amines) is 1. The Kier molecular flexibility index (Phi) is 6.05. The highest BCUT2D eigenvalue weighted by Gasteiger charge is 2.40. The quantitative estimate of drug-likeness (QED) is 0.371. The molecule has 7 nitrogen and oxygen atoms in total. The number of nitrogens with two attached hydrogens (primary N) is 1. The van der Waals surface area contributed by atoms with Crippen molar-refractivity contribution in [1.82, 2.24) is 24.3 Å². The number of rotatable bonds is 5. The van der Waals surface area contributed by atoms with Crippen LogP contribution in [0.1, 0.15) is 44.6 Å². The molecule has 0 unspecified atom stereocenters. The molecule has 2 N–H and O–H groups in total. The summed E-state index contributed by atoms with van der Waals surface area (Å²) in [6, 6.07) is 20.7. The van der Waals surface area contributed by atoms with E-state index in [1.54, 1.807) is 6.33 Å². The predicted molar refractivity (Wildman–Crippen MR) is 151 cm³/mol. The number of benzene rings is 2. The first kappa shape index (κ1) is 23.7. The normalized spacial score (nSPS) is 26.1. The Labute approximate surface area is 224 Å². The molecule has 2 aromatic carbocycles. The van der Waals surface area contributed by atoms with E-state index in [4.69, 9.17) is 15.5 Å². The lowest BCUT2D eigenvalue weighted by Crippen LogP contribution is -2.55. The molecular weight excluding hydrogens is 472 g/mol. The Bertz CT molecular complexity index is 1400. The van der Waals surface area contributed by atoms with E-state index in [0.29, 0.717) is 17.9 Å². The van der Waals surface area contributed by atoms with Crippen molar-refractivity contribution in [3.63, 3.8) is 0 Å². The van der Waals surface area contributed by atoms with Crippen LogP contribution in [-0.2, 0) is 0 Å². The van der Waals surface area contributed by atoms with Crippen LogP contribution in [0.25, 0.3) is 22.2 Å². The molecule has 196 valence electrons. The van der Waals surface area contributed by atoms with Gasteiger partial charge in [0.1, 0.15) is 29.3 Å². The van der Waals surface area contributed by atoms with E-state index in [9.17, 15) is 0 Å². The molecule has 0 radical (unpaired) electrons. The molecule has 7 heteroatoms. The summed E-state index contributed by atoms with van der Waals surface area (Å²) in [6.45, 7) is 2.49. The molecule has 2 aliphatic heterocycles. The van der Waals surface area contributed by atoms with E-state index in [-0.39, 0.29) is 0 Å². The second kappa shape index (κ2) is 9.71. The van der Waals surface area contributed by atoms with E-state index < -0.39 is 0 Å². The maximum atomic E-state index is 6.43. The number of anilines is 1. The molecule has 2 bridgehead atoms. The molecule has 1 saturated carbocycles. The lowest BCUT2D eigenvalue weighted by Gasteiger charge is -2.45. The van der Waals surface area contributed by atoms with Crippen LogP contribution >= 0.6 is 0 Å². The van der Waals surface area contributed by atoms with Gasteiger partial charge >= 0.3 is 0 Å². The number of nitrogen functional groups attached to an aromatic ring is 1. The summed E-state index contributed by atoms with van der Waals surface area (Å²) in [5, 5.41) is 0.946.